The van der Waals surface area contributed by atoms with Gasteiger partial charge in [-0.25, -0.2) is 4.98 Å². The number of nitrogens with zero attached hydrogens (tertiary/aromatic N) is 4. The molecule has 0 radical (unpaired) electrons. The van der Waals surface area contributed by atoms with Crippen molar-refractivity contribution < 1.29 is 10.2 Å². The van der Waals surface area contributed by atoms with Crippen molar-refractivity contribution in [2.75, 3.05) is 0 Å². The summed E-state index contributed by atoms with van der Waals surface area (Å²) in [5.41, 5.74) is 2.70. The highest BCUT2D eigenvalue weighted by Crippen LogP contribution is 2.40. The smallest absolute Gasteiger partial charge is 0.138 e. The van der Waals surface area contributed by atoms with Gasteiger partial charge in [-0.2, -0.15) is 5.26 Å². The van der Waals surface area contributed by atoms with Crippen molar-refractivity contribution in [3.8, 4) is 6.07 Å². The lowest BCUT2D eigenvalue weighted by molar-refractivity contribution is 0.0480. The maximum absolute atomic E-state index is 10.5. The minimum Gasteiger partial charge on any atom is -0.393 e. The van der Waals surface area contributed by atoms with Crippen molar-refractivity contribution in [1.29, 1.82) is 5.26 Å². The van der Waals surface area contributed by atoms with Crippen molar-refractivity contribution in [1.82, 2.24) is 14.5 Å². The lowest BCUT2D eigenvalue weighted by atomic mass is 9.81. The Morgan fingerprint density at radius 3 is 3.00 bits per heavy atom. The Labute approximate surface area is 149 Å². The minimum absolute atomic E-state index is 0.0365. The van der Waals surface area contributed by atoms with Gasteiger partial charge in [-0.15, -0.1) is 11.3 Å². The molecule has 4 atom stereocenters. The molecule has 3 aromatic rings. The summed E-state index contributed by atoms with van der Waals surface area (Å²) in [5.74, 6) is 0.656. The summed E-state index contributed by atoms with van der Waals surface area (Å²) in [5, 5.41) is 31.7. The van der Waals surface area contributed by atoms with Gasteiger partial charge in [0.1, 0.15) is 17.4 Å². The third kappa shape index (κ3) is 2.71. The standard InChI is InChI=1S/C18H20N4O2S/c1-10(23)18-21-14-9-20-13-5-7-25-17(13)16(14)22(18)12-3-2-11(4-6-19)15(24)8-12/h5,7,9-12,15,23-24H,2-4,8H2,1H3. The first-order valence-electron chi connectivity index (χ1n) is 8.57. The van der Waals surface area contributed by atoms with Crippen LogP contribution in [0.2, 0.25) is 0 Å². The van der Waals surface area contributed by atoms with Crippen LogP contribution in [-0.2, 0) is 0 Å². The van der Waals surface area contributed by atoms with Crippen molar-refractivity contribution in [2.24, 2.45) is 5.92 Å². The molecule has 1 fully saturated rings. The number of pyridine rings is 1. The van der Waals surface area contributed by atoms with Crippen molar-refractivity contribution in [3.63, 3.8) is 0 Å². The monoisotopic (exact) mass is 356 g/mol. The van der Waals surface area contributed by atoms with Gasteiger partial charge in [0.25, 0.3) is 0 Å². The first-order chi connectivity index (χ1) is 12.1. The maximum atomic E-state index is 10.5. The Kier molecular flexibility index (Phi) is 4.20. The van der Waals surface area contributed by atoms with Gasteiger partial charge in [0.15, 0.2) is 0 Å². The molecule has 2 N–H and O–H groups in total. The second kappa shape index (κ2) is 6.37. The fraction of sp³-hybridized carbons (Fsp3) is 0.500. The molecule has 1 aliphatic carbocycles. The lowest BCUT2D eigenvalue weighted by Gasteiger charge is -2.34. The molecule has 4 unspecified atom stereocenters. The summed E-state index contributed by atoms with van der Waals surface area (Å²) in [6.07, 6.45) is 3.19. The number of aliphatic hydroxyl groups excluding tert-OH is 2. The van der Waals surface area contributed by atoms with Crippen molar-refractivity contribution >= 4 is 32.6 Å². The van der Waals surface area contributed by atoms with Crippen LogP contribution in [0.1, 0.15) is 50.6 Å². The van der Waals surface area contributed by atoms with Gasteiger partial charge < -0.3 is 14.8 Å². The average molecular weight is 356 g/mol. The van der Waals surface area contributed by atoms with E-state index in [1.165, 1.54) is 0 Å². The van der Waals surface area contributed by atoms with E-state index in [2.05, 4.69) is 20.6 Å². The van der Waals surface area contributed by atoms with Crippen LogP contribution in [0.5, 0.6) is 0 Å². The van der Waals surface area contributed by atoms with Gasteiger partial charge in [0, 0.05) is 12.5 Å². The molecule has 3 heterocycles. The molecule has 0 spiro atoms. The Morgan fingerprint density at radius 1 is 1.44 bits per heavy atom. The van der Waals surface area contributed by atoms with Crippen molar-refractivity contribution in [3.05, 3.63) is 23.5 Å². The Morgan fingerprint density at radius 2 is 2.28 bits per heavy atom. The predicted octanol–water partition coefficient (Wildman–Crippen LogP) is 3.32. The van der Waals surface area contributed by atoms with Crippen LogP contribution in [0, 0.1) is 17.2 Å². The number of imidazole rings is 1. The van der Waals surface area contributed by atoms with E-state index in [0.717, 1.165) is 34.1 Å². The summed E-state index contributed by atoms with van der Waals surface area (Å²) in [6.45, 7) is 1.72. The van der Waals surface area contributed by atoms with Crippen LogP contribution in [0.3, 0.4) is 0 Å². The molecule has 0 saturated heterocycles. The van der Waals surface area contributed by atoms with Gasteiger partial charge >= 0.3 is 0 Å². The summed E-state index contributed by atoms with van der Waals surface area (Å²) in [6, 6.07) is 4.22. The van der Waals surface area contributed by atoms with Gasteiger partial charge in [0.2, 0.25) is 0 Å². The molecular formula is C18H20N4O2S. The van der Waals surface area contributed by atoms with E-state index in [0.29, 0.717) is 18.7 Å². The Balaban J connectivity index is 1.84. The van der Waals surface area contributed by atoms with Crippen LogP contribution in [0.4, 0.5) is 0 Å². The van der Waals surface area contributed by atoms with E-state index < -0.39 is 12.2 Å². The largest absolute Gasteiger partial charge is 0.393 e. The molecule has 0 bridgehead atoms. The summed E-state index contributed by atoms with van der Waals surface area (Å²) in [4.78, 5) is 9.07. The molecule has 1 saturated carbocycles. The quantitative estimate of drug-likeness (QED) is 0.751. The molecule has 0 aliphatic heterocycles. The first-order valence-corrected chi connectivity index (χ1v) is 9.45. The zero-order valence-corrected chi connectivity index (χ0v) is 14.8. The summed E-state index contributed by atoms with van der Waals surface area (Å²) < 4.78 is 3.16. The third-order valence-electron chi connectivity index (χ3n) is 5.17. The fourth-order valence-electron chi connectivity index (χ4n) is 3.94. The van der Waals surface area contributed by atoms with E-state index in [9.17, 15) is 10.2 Å². The zero-order valence-electron chi connectivity index (χ0n) is 14.0. The third-order valence-corrected chi connectivity index (χ3v) is 6.08. The van der Waals surface area contributed by atoms with Crippen LogP contribution in [0.15, 0.2) is 17.6 Å². The average Bonchev–Trinajstić information content (AvgIpc) is 3.20. The van der Waals surface area contributed by atoms with Gasteiger partial charge in [-0.3, -0.25) is 4.98 Å². The number of hydrogen-bond donors (Lipinski definition) is 2. The van der Waals surface area contributed by atoms with E-state index >= 15 is 0 Å². The fourth-order valence-corrected chi connectivity index (χ4v) is 4.83. The highest BCUT2D eigenvalue weighted by Gasteiger charge is 2.33. The zero-order chi connectivity index (χ0) is 17.6. The number of fused-ring (bicyclic) bond motifs is 3. The Bertz CT molecular complexity index is 955. The summed E-state index contributed by atoms with van der Waals surface area (Å²) >= 11 is 1.62. The predicted molar refractivity (Wildman–Crippen MR) is 96.2 cm³/mol. The molecule has 1 aliphatic rings. The van der Waals surface area contributed by atoms with Gasteiger partial charge in [0.05, 0.1) is 34.1 Å². The molecule has 4 rings (SSSR count). The number of rotatable bonds is 3. The highest BCUT2D eigenvalue weighted by atomic mass is 32.1. The number of aromatic nitrogens is 3. The van der Waals surface area contributed by atoms with E-state index in [1.54, 1.807) is 24.5 Å². The van der Waals surface area contributed by atoms with Crippen molar-refractivity contribution in [2.45, 2.75) is 50.9 Å². The Hall–Kier alpha value is -2.01. The molecule has 6 nitrogen and oxygen atoms in total. The molecular weight excluding hydrogens is 336 g/mol. The summed E-state index contributed by atoms with van der Waals surface area (Å²) in [7, 11) is 0. The van der Waals surface area contributed by atoms with E-state index in [-0.39, 0.29) is 12.0 Å². The first kappa shape index (κ1) is 16.5. The number of hydrogen-bond acceptors (Lipinski definition) is 6. The van der Waals surface area contributed by atoms with E-state index in [4.69, 9.17) is 5.26 Å². The number of nitriles is 1. The molecule has 3 aromatic heterocycles. The van der Waals surface area contributed by atoms with E-state index in [1.807, 2.05) is 11.4 Å². The topological polar surface area (TPSA) is 95.0 Å². The van der Waals surface area contributed by atoms with Crippen LogP contribution >= 0.6 is 11.3 Å². The molecule has 0 amide bonds. The highest BCUT2D eigenvalue weighted by molar-refractivity contribution is 7.18. The molecule has 0 aromatic carbocycles. The minimum atomic E-state index is -0.698. The second-order valence-electron chi connectivity index (χ2n) is 6.80. The van der Waals surface area contributed by atoms with Crippen LogP contribution in [0.25, 0.3) is 21.3 Å². The molecule has 130 valence electrons. The lowest BCUT2D eigenvalue weighted by Crippen LogP contribution is -2.31. The SMILES string of the molecule is CC(O)c1nc2cnc3ccsc3c2n1C1CCC(CC#N)C(O)C1. The maximum Gasteiger partial charge on any atom is 0.138 e. The van der Waals surface area contributed by atoms with Gasteiger partial charge in [-0.1, -0.05) is 0 Å². The van der Waals surface area contributed by atoms with Gasteiger partial charge in [-0.05, 0) is 43.6 Å². The van der Waals surface area contributed by atoms with Crippen LogP contribution < -0.4 is 0 Å². The normalized spacial score (nSPS) is 25.3. The molecule has 7 heteroatoms. The number of aliphatic hydroxyl groups is 2. The number of thiophene rings is 1. The molecule has 25 heavy (non-hydrogen) atoms. The second-order valence-corrected chi connectivity index (χ2v) is 7.72. The van der Waals surface area contributed by atoms with Crippen LogP contribution in [-0.4, -0.2) is 30.9 Å².